The first-order valence-electron chi connectivity index (χ1n) is 3.06. The van der Waals surface area contributed by atoms with Gasteiger partial charge in [-0.25, -0.2) is 0 Å². The third-order valence-electron chi connectivity index (χ3n) is 1.23. The van der Waals surface area contributed by atoms with Crippen molar-refractivity contribution in [1.82, 2.24) is 5.32 Å². The molecule has 9 heavy (non-hydrogen) atoms. The minimum atomic E-state index is 0.142. The molecule has 1 unspecified atom stereocenters. The lowest BCUT2D eigenvalue weighted by atomic mass is 10.3. The highest BCUT2D eigenvalue weighted by Crippen LogP contribution is 1.97. The first kappa shape index (κ1) is 6.99. The molecule has 0 aliphatic carbocycles. The van der Waals surface area contributed by atoms with E-state index in [4.69, 9.17) is 16.5 Å². The van der Waals surface area contributed by atoms with Gasteiger partial charge in [0.2, 0.25) is 0 Å². The van der Waals surface area contributed by atoms with Gasteiger partial charge in [0.25, 0.3) is 0 Å². The molecule has 0 bridgehead atoms. The van der Waals surface area contributed by atoms with E-state index in [1.54, 1.807) is 0 Å². The molecule has 2 radical (unpaired) electrons. The molecule has 52 valence electrons. The second-order valence-corrected chi connectivity index (χ2v) is 1.98. The molecule has 1 rings (SSSR count). The fourth-order valence-corrected chi connectivity index (χ4v) is 0.786. The lowest BCUT2D eigenvalue weighted by molar-refractivity contribution is -0.0854. The van der Waals surface area contributed by atoms with Gasteiger partial charge in [0, 0.05) is 13.6 Å². The molecule has 1 heterocycles. The fourth-order valence-electron chi connectivity index (χ4n) is 0.786. The summed E-state index contributed by atoms with van der Waals surface area (Å²) < 4.78 is 10.4. The minimum absolute atomic E-state index is 0.142. The van der Waals surface area contributed by atoms with Gasteiger partial charge in [-0.15, -0.1) is 0 Å². The smallest absolute Gasteiger partial charge is 0.0933 e. The molecule has 0 aromatic carbocycles. The van der Waals surface area contributed by atoms with E-state index in [0.29, 0.717) is 26.4 Å². The largest absolute Gasteiger partial charge is 0.376 e. The highest BCUT2D eigenvalue weighted by Gasteiger charge is 2.11. The summed E-state index contributed by atoms with van der Waals surface area (Å²) in [7, 11) is 5.07. The second kappa shape index (κ2) is 3.82. The molecule has 0 aromatic heterocycles. The molecular weight excluding hydrogens is 118 g/mol. The summed E-state index contributed by atoms with van der Waals surface area (Å²) in [4.78, 5) is 0. The summed E-state index contributed by atoms with van der Waals surface area (Å²) in [6.45, 7) is 2.72. The van der Waals surface area contributed by atoms with E-state index in [1.165, 1.54) is 0 Å². The maximum Gasteiger partial charge on any atom is 0.0933 e. The second-order valence-electron chi connectivity index (χ2n) is 1.98. The van der Waals surface area contributed by atoms with Gasteiger partial charge in [0.05, 0.1) is 25.9 Å². The molecule has 0 aromatic rings. The molecular formula is C6H11NO2. The molecule has 1 N–H and O–H groups in total. The third-order valence-corrected chi connectivity index (χ3v) is 1.23. The van der Waals surface area contributed by atoms with Crippen molar-refractivity contribution in [3.63, 3.8) is 0 Å². The first-order valence-corrected chi connectivity index (χ1v) is 3.06. The van der Waals surface area contributed by atoms with Crippen LogP contribution in [0.25, 0.3) is 0 Å². The average Bonchev–Trinajstić information content (AvgIpc) is 1.91. The summed E-state index contributed by atoms with van der Waals surface area (Å²) in [5.74, 6) is 0. The molecule has 0 saturated carbocycles. The molecule has 1 aliphatic heterocycles. The molecule has 1 atom stereocenters. The zero-order valence-corrected chi connectivity index (χ0v) is 5.30. The zero-order chi connectivity index (χ0) is 6.53. The SMILES string of the molecule is [CH]NCC1COCCO1. The van der Waals surface area contributed by atoms with E-state index >= 15 is 0 Å². The fraction of sp³-hybridized carbons (Fsp3) is 0.833. The van der Waals surface area contributed by atoms with Gasteiger partial charge < -0.3 is 14.8 Å². The van der Waals surface area contributed by atoms with Gasteiger partial charge in [-0.05, 0) is 0 Å². The van der Waals surface area contributed by atoms with Gasteiger partial charge in [-0.3, -0.25) is 0 Å². The van der Waals surface area contributed by atoms with Crippen molar-refractivity contribution in [2.45, 2.75) is 6.10 Å². The maximum atomic E-state index is 5.25. The van der Waals surface area contributed by atoms with Crippen LogP contribution in [0.3, 0.4) is 0 Å². The molecule has 1 saturated heterocycles. The van der Waals surface area contributed by atoms with Gasteiger partial charge in [0.15, 0.2) is 0 Å². The number of hydrogen-bond acceptors (Lipinski definition) is 3. The summed E-state index contributed by atoms with van der Waals surface area (Å²) in [5, 5.41) is 2.53. The van der Waals surface area contributed by atoms with E-state index in [1.807, 2.05) is 0 Å². The quantitative estimate of drug-likeness (QED) is 0.517. The van der Waals surface area contributed by atoms with Crippen molar-refractivity contribution < 1.29 is 9.47 Å². The van der Waals surface area contributed by atoms with Crippen LogP contribution < -0.4 is 5.32 Å². The van der Waals surface area contributed by atoms with Gasteiger partial charge in [0.1, 0.15) is 0 Å². The monoisotopic (exact) mass is 129 g/mol. The van der Waals surface area contributed by atoms with Crippen molar-refractivity contribution in [2.24, 2.45) is 0 Å². The van der Waals surface area contributed by atoms with Crippen LogP contribution in [-0.2, 0) is 9.47 Å². The van der Waals surface area contributed by atoms with Crippen LogP contribution in [0.4, 0.5) is 0 Å². The minimum Gasteiger partial charge on any atom is -0.376 e. The Kier molecular flexibility index (Phi) is 2.97. The third kappa shape index (κ3) is 2.30. The highest BCUT2D eigenvalue weighted by molar-refractivity contribution is 4.62. The number of ether oxygens (including phenoxy) is 2. The van der Waals surface area contributed by atoms with Crippen LogP contribution in [0.1, 0.15) is 0 Å². The summed E-state index contributed by atoms with van der Waals surface area (Å²) in [5.41, 5.74) is 0. The van der Waals surface area contributed by atoms with E-state index in [0.717, 1.165) is 0 Å². The van der Waals surface area contributed by atoms with Gasteiger partial charge in [-0.2, -0.15) is 0 Å². The van der Waals surface area contributed by atoms with Crippen LogP contribution in [0.15, 0.2) is 0 Å². The lowest BCUT2D eigenvalue weighted by Gasteiger charge is -2.22. The molecule has 3 heteroatoms. The van der Waals surface area contributed by atoms with E-state index in [9.17, 15) is 0 Å². The molecule has 1 aliphatic rings. The standard InChI is InChI=1S/C6H11NO2/c1-7-4-6-5-8-2-3-9-6/h1,6-7H,2-5H2. The molecule has 0 spiro atoms. The van der Waals surface area contributed by atoms with Crippen molar-refractivity contribution >= 4 is 0 Å². The number of rotatable bonds is 2. The predicted octanol–water partition coefficient (Wildman–Crippen LogP) is -0.340. The average molecular weight is 129 g/mol. The normalized spacial score (nSPS) is 28.3. The number of hydrogen-bond donors (Lipinski definition) is 1. The van der Waals surface area contributed by atoms with Gasteiger partial charge in [-0.1, -0.05) is 0 Å². The lowest BCUT2D eigenvalue weighted by Crippen LogP contribution is -2.35. The van der Waals surface area contributed by atoms with Crippen LogP contribution in [0.5, 0.6) is 0 Å². The Bertz CT molecular complexity index is 68.7. The predicted molar refractivity (Wildman–Crippen MR) is 32.9 cm³/mol. The number of nitrogens with one attached hydrogen (secondary N) is 1. The molecule has 3 nitrogen and oxygen atoms in total. The van der Waals surface area contributed by atoms with Crippen LogP contribution in [-0.4, -0.2) is 32.5 Å². The van der Waals surface area contributed by atoms with E-state index in [2.05, 4.69) is 5.32 Å². The zero-order valence-electron chi connectivity index (χ0n) is 5.30. The Hall–Kier alpha value is -0.120. The molecule has 1 fully saturated rings. The Morgan fingerprint density at radius 1 is 1.56 bits per heavy atom. The summed E-state index contributed by atoms with van der Waals surface area (Å²) >= 11 is 0. The van der Waals surface area contributed by atoms with Crippen LogP contribution >= 0.6 is 0 Å². The van der Waals surface area contributed by atoms with E-state index < -0.39 is 0 Å². The highest BCUT2D eigenvalue weighted by atomic mass is 16.6. The summed E-state index contributed by atoms with van der Waals surface area (Å²) in [6, 6.07) is 0. The van der Waals surface area contributed by atoms with Crippen molar-refractivity contribution in [2.75, 3.05) is 26.4 Å². The van der Waals surface area contributed by atoms with E-state index in [-0.39, 0.29) is 6.10 Å². The van der Waals surface area contributed by atoms with Crippen molar-refractivity contribution in [1.29, 1.82) is 0 Å². The Balaban J connectivity index is 2.08. The van der Waals surface area contributed by atoms with Crippen LogP contribution in [0, 0.1) is 7.05 Å². The van der Waals surface area contributed by atoms with Gasteiger partial charge >= 0.3 is 0 Å². The van der Waals surface area contributed by atoms with Crippen LogP contribution in [0.2, 0.25) is 0 Å². The first-order chi connectivity index (χ1) is 4.43. The Morgan fingerprint density at radius 3 is 3.00 bits per heavy atom. The Labute approximate surface area is 55.3 Å². The summed E-state index contributed by atoms with van der Waals surface area (Å²) in [6.07, 6.45) is 0.142. The topological polar surface area (TPSA) is 30.5 Å². The molecule has 0 amide bonds. The van der Waals surface area contributed by atoms with Crippen molar-refractivity contribution in [3.05, 3.63) is 7.05 Å². The maximum absolute atomic E-state index is 5.25. The Morgan fingerprint density at radius 2 is 2.44 bits per heavy atom. The van der Waals surface area contributed by atoms with Crippen molar-refractivity contribution in [3.8, 4) is 0 Å².